The van der Waals surface area contributed by atoms with Crippen LogP contribution in [0.25, 0.3) is 11.0 Å². The topological polar surface area (TPSA) is 116 Å². The number of hydrogen-bond donors (Lipinski definition) is 4. The zero-order chi connectivity index (χ0) is 21.3. The number of amides is 1. The fourth-order valence-electron chi connectivity index (χ4n) is 2.87. The first kappa shape index (κ1) is 20.2. The first-order chi connectivity index (χ1) is 14.4. The van der Waals surface area contributed by atoms with E-state index in [1.165, 1.54) is 28.7 Å². The highest BCUT2D eigenvalue weighted by molar-refractivity contribution is 8.02. The number of nitrogens with one attached hydrogen (secondary N) is 4. The van der Waals surface area contributed by atoms with Gasteiger partial charge in [0.05, 0.1) is 16.3 Å². The van der Waals surface area contributed by atoms with Crippen molar-refractivity contribution in [3.05, 3.63) is 58.0 Å². The fraction of sp³-hybridized carbons (Fsp3) is 0.200. The highest BCUT2D eigenvalue weighted by Crippen LogP contribution is 2.32. The second-order valence-electron chi connectivity index (χ2n) is 6.83. The van der Waals surface area contributed by atoms with Gasteiger partial charge in [0.15, 0.2) is 4.34 Å². The van der Waals surface area contributed by atoms with Crippen molar-refractivity contribution in [2.24, 2.45) is 0 Å². The molecule has 0 aliphatic heterocycles. The summed E-state index contributed by atoms with van der Waals surface area (Å²) in [5.41, 5.74) is 5.03. The van der Waals surface area contributed by atoms with Crippen LogP contribution in [-0.4, -0.2) is 31.3 Å². The lowest BCUT2D eigenvalue weighted by atomic mass is 10.1. The van der Waals surface area contributed by atoms with Crippen molar-refractivity contribution < 1.29 is 4.79 Å². The van der Waals surface area contributed by atoms with Gasteiger partial charge in [-0.15, -0.1) is 10.2 Å². The number of thioether (sulfide) groups is 1. The third kappa shape index (κ3) is 4.39. The van der Waals surface area contributed by atoms with E-state index >= 15 is 0 Å². The summed E-state index contributed by atoms with van der Waals surface area (Å²) in [6.45, 7) is 5.94. The van der Waals surface area contributed by atoms with Crippen molar-refractivity contribution in [2.45, 2.75) is 30.4 Å². The summed E-state index contributed by atoms with van der Waals surface area (Å²) in [6.07, 6.45) is 0. The SMILES string of the molecule is Cc1cccc(Nc2nnc(S[C@@H](C)C(=O)Nc3ccc4[nH]c(=O)[nH]c4c3)s2)c1C. The number of nitrogens with zero attached hydrogens (tertiary/aromatic N) is 2. The summed E-state index contributed by atoms with van der Waals surface area (Å²) in [6, 6.07) is 11.3. The molecule has 0 spiro atoms. The average molecular weight is 441 g/mol. The van der Waals surface area contributed by atoms with Gasteiger partial charge in [-0.05, 0) is 56.2 Å². The maximum absolute atomic E-state index is 12.6. The number of fused-ring (bicyclic) bond motifs is 1. The first-order valence-corrected chi connectivity index (χ1v) is 10.9. The minimum atomic E-state index is -0.368. The molecule has 8 nitrogen and oxygen atoms in total. The molecule has 0 saturated heterocycles. The summed E-state index contributed by atoms with van der Waals surface area (Å²) in [5, 5.41) is 14.8. The molecule has 4 N–H and O–H groups in total. The van der Waals surface area contributed by atoms with Crippen LogP contribution in [-0.2, 0) is 4.79 Å². The van der Waals surface area contributed by atoms with E-state index in [4.69, 9.17) is 0 Å². The number of aromatic amines is 2. The number of carbonyl (C=O) groups is 1. The van der Waals surface area contributed by atoms with Gasteiger partial charge in [-0.2, -0.15) is 0 Å². The van der Waals surface area contributed by atoms with Gasteiger partial charge in [-0.3, -0.25) is 4.79 Å². The molecule has 0 fully saturated rings. The highest BCUT2D eigenvalue weighted by Gasteiger charge is 2.18. The Balaban J connectivity index is 1.39. The summed E-state index contributed by atoms with van der Waals surface area (Å²) < 4.78 is 0.705. The van der Waals surface area contributed by atoms with Crippen molar-refractivity contribution >= 4 is 56.5 Å². The molecule has 1 amide bonds. The smallest absolute Gasteiger partial charge is 0.323 e. The number of carbonyl (C=O) groups excluding carboxylic acids is 1. The number of rotatable bonds is 6. The summed E-state index contributed by atoms with van der Waals surface area (Å²) in [4.78, 5) is 29.3. The highest BCUT2D eigenvalue weighted by atomic mass is 32.2. The lowest BCUT2D eigenvalue weighted by Gasteiger charge is -2.10. The zero-order valence-corrected chi connectivity index (χ0v) is 18.2. The standard InChI is InChI=1S/C20H20N6O2S2/c1-10-5-4-6-14(11(10)2)24-19-25-26-20(30-19)29-12(3)17(27)21-13-7-8-15-16(9-13)23-18(28)22-15/h4-9,12H,1-3H3,(H,21,27)(H,24,25)(H2,22,23,28)/t12-/m0/s1. The Morgan fingerprint density at radius 3 is 2.77 bits per heavy atom. The molecule has 30 heavy (non-hydrogen) atoms. The van der Waals surface area contributed by atoms with Crippen LogP contribution >= 0.6 is 23.1 Å². The molecular weight excluding hydrogens is 420 g/mol. The van der Waals surface area contributed by atoms with E-state index in [9.17, 15) is 9.59 Å². The van der Waals surface area contributed by atoms with Crippen molar-refractivity contribution in [1.82, 2.24) is 20.2 Å². The lowest BCUT2D eigenvalue weighted by molar-refractivity contribution is -0.115. The number of imidazole rings is 1. The van der Waals surface area contributed by atoms with Crippen molar-refractivity contribution in [1.29, 1.82) is 0 Å². The molecule has 0 unspecified atom stereocenters. The number of H-pyrrole nitrogens is 2. The van der Waals surface area contributed by atoms with E-state index in [0.717, 1.165) is 11.3 Å². The maximum atomic E-state index is 12.6. The van der Waals surface area contributed by atoms with E-state index in [1.54, 1.807) is 18.2 Å². The largest absolute Gasteiger partial charge is 0.330 e. The van der Waals surface area contributed by atoms with Gasteiger partial charge in [-0.25, -0.2) is 4.79 Å². The monoisotopic (exact) mass is 440 g/mol. The Kier molecular flexibility index (Phi) is 5.60. The molecule has 0 aliphatic rings. The van der Waals surface area contributed by atoms with Crippen LogP contribution < -0.4 is 16.3 Å². The molecule has 1 atom stereocenters. The van der Waals surface area contributed by atoms with Crippen molar-refractivity contribution in [3.8, 4) is 0 Å². The van der Waals surface area contributed by atoms with E-state index < -0.39 is 0 Å². The Labute approximate surface area is 180 Å². The number of aromatic nitrogens is 4. The Bertz CT molecular complexity index is 1280. The van der Waals surface area contributed by atoms with E-state index in [0.29, 0.717) is 26.2 Å². The Hall–Kier alpha value is -3.11. The van der Waals surface area contributed by atoms with Crippen molar-refractivity contribution in [3.63, 3.8) is 0 Å². The molecular formula is C20H20N6O2S2. The maximum Gasteiger partial charge on any atom is 0.323 e. The van der Waals surface area contributed by atoms with Crippen LogP contribution in [0.4, 0.5) is 16.5 Å². The zero-order valence-electron chi connectivity index (χ0n) is 16.6. The third-order valence-corrected chi connectivity index (χ3v) is 6.71. The average Bonchev–Trinajstić information content (AvgIpc) is 3.30. The first-order valence-electron chi connectivity index (χ1n) is 9.25. The quantitative estimate of drug-likeness (QED) is 0.334. The summed E-state index contributed by atoms with van der Waals surface area (Å²) in [5.74, 6) is -0.156. The lowest BCUT2D eigenvalue weighted by Crippen LogP contribution is -2.22. The Morgan fingerprint density at radius 1 is 1.13 bits per heavy atom. The second-order valence-corrected chi connectivity index (χ2v) is 9.40. The van der Waals surface area contributed by atoms with Crippen molar-refractivity contribution in [2.75, 3.05) is 10.6 Å². The van der Waals surface area contributed by atoms with Gasteiger partial charge < -0.3 is 20.6 Å². The van der Waals surface area contributed by atoms with Gasteiger partial charge in [0, 0.05) is 11.4 Å². The Morgan fingerprint density at radius 2 is 1.93 bits per heavy atom. The molecule has 2 aromatic carbocycles. The molecule has 10 heteroatoms. The van der Waals surface area contributed by atoms with Gasteiger partial charge in [0.25, 0.3) is 0 Å². The minimum Gasteiger partial charge on any atom is -0.330 e. The van der Waals surface area contributed by atoms with Crippen LogP contribution in [0, 0.1) is 13.8 Å². The van der Waals surface area contributed by atoms with Gasteiger partial charge in [0.2, 0.25) is 11.0 Å². The molecule has 0 saturated carbocycles. The molecule has 2 heterocycles. The molecule has 154 valence electrons. The van der Waals surface area contributed by atoms with Gasteiger partial charge in [0.1, 0.15) is 0 Å². The van der Waals surface area contributed by atoms with Crippen LogP contribution in [0.2, 0.25) is 0 Å². The second kappa shape index (κ2) is 8.33. The normalized spacial score (nSPS) is 12.1. The van der Waals surface area contributed by atoms with E-state index in [2.05, 4.69) is 50.7 Å². The van der Waals surface area contributed by atoms with Crippen LogP contribution in [0.3, 0.4) is 0 Å². The number of hydrogen-bond acceptors (Lipinski definition) is 7. The van der Waals surface area contributed by atoms with Gasteiger partial charge >= 0.3 is 5.69 Å². The minimum absolute atomic E-state index is 0.156. The molecule has 0 aliphatic carbocycles. The van der Waals surface area contributed by atoms with Crippen LogP contribution in [0.5, 0.6) is 0 Å². The van der Waals surface area contributed by atoms with E-state index in [1.807, 2.05) is 19.1 Å². The summed E-state index contributed by atoms with van der Waals surface area (Å²) in [7, 11) is 0. The number of anilines is 3. The van der Waals surface area contributed by atoms with Gasteiger partial charge in [-0.1, -0.05) is 35.2 Å². The number of aryl methyl sites for hydroxylation is 1. The molecule has 0 radical (unpaired) electrons. The van der Waals surface area contributed by atoms with Crippen LogP contribution in [0.15, 0.2) is 45.5 Å². The molecule has 2 aromatic heterocycles. The fourth-order valence-corrected chi connectivity index (χ4v) is 4.78. The third-order valence-electron chi connectivity index (χ3n) is 4.68. The number of benzene rings is 2. The molecule has 0 bridgehead atoms. The molecule has 4 aromatic rings. The van der Waals surface area contributed by atoms with E-state index in [-0.39, 0.29) is 16.8 Å². The van der Waals surface area contributed by atoms with Crippen LogP contribution in [0.1, 0.15) is 18.1 Å². The predicted octanol–water partition coefficient (Wildman–Crippen LogP) is 4.19. The predicted molar refractivity (Wildman–Crippen MR) is 122 cm³/mol. The molecule has 4 rings (SSSR count). The summed E-state index contributed by atoms with van der Waals surface area (Å²) >= 11 is 2.75.